The summed E-state index contributed by atoms with van der Waals surface area (Å²) in [6.07, 6.45) is 10.4. The molecule has 9 nitrogen and oxygen atoms in total. The minimum atomic E-state index is -0.159. The smallest absolute Gasteiger partial charge is 0.253 e. The molecule has 33 heavy (non-hydrogen) atoms. The van der Waals surface area contributed by atoms with Crippen LogP contribution in [0.25, 0.3) is 17.0 Å². The molecule has 0 spiro atoms. The first-order valence-electron chi connectivity index (χ1n) is 11.3. The molecule has 4 aromatic rings. The minimum Gasteiger partial charge on any atom is -0.361 e. The van der Waals surface area contributed by atoms with Crippen LogP contribution in [-0.2, 0) is 0 Å². The van der Waals surface area contributed by atoms with E-state index in [1.165, 1.54) is 6.42 Å². The number of pyridine rings is 1. The third-order valence-electron chi connectivity index (χ3n) is 6.18. The lowest BCUT2D eigenvalue weighted by molar-refractivity contribution is 0.0922. The highest BCUT2D eigenvalue weighted by atomic mass is 16.5. The monoisotopic (exact) mass is 445 g/mol. The molecule has 1 unspecified atom stereocenters. The van der Waals surface area contributed by atoms with E-state index in [1.54, 1.807) is 35.4 Å². The van der Waals surface area contributed by atoms with Gasteiger partial charge in [-0.05, 0) is 57.5 Å². The van der Waals surface area contributed by atoms with Gasteiger partial charge in [0, 0.05) is 42.8 Å². The average molecular weight is 446 g/mol. The van der Waals surface area contributed by atoms with E-state index in [4.69, 9.17) is 4.52 Å². The summed E-state index contributed by atoms with van der Waals surface area (Å²) >= 11 is 0. The number of nitrogens with zero attached hydrogens (tertiary/aromatic N) is 6. The standard InChI is InChI=1S/C24H27N7O2/c1-16-7-10-25-22-21(16)18(15-31(22)24-26-8-6-9-27-24)23(32)28-14-20(19-13-17(2)33-29-19)30-11-4-3-5-12-30/h6-10,13,15,20H,3-5,11-12,14H2,1-2H3,(H,28,32). The first-order valence-corrected chi connectivity index (χ1v) is 11.3. The van der Waals surface area contributed by atoms with Crippen molar-refractivity contribution in [1.29, 1.82) is 0 Å². The summed E-state index contributed by atoms with van der Waals surface area (Å²) in [7, 11) is 0. The van der Waals surface area contributed by atoms with Crippen LogP contribution in [0.3, 0.4) is 0 Å². The molecule has 0 saturated carbocycles. The Morgan fingerprint density at radius 2 is 1.91 bits per heavy atom. The molecule has 5 rings (SSSR count). The number of carbonyl (C=O) groups is 1. The van der Waals surface area contributed by atoms with Crippen molar-refractivity contribution in [1.82, 2.24) is 34.9 Å². The topological polar surface area (TPSA) is 102 Å². The number of aromatic nitrogens is 5. The normalized spacial score (nSPS) is 15.6. The first-order chi connectivity index (χ1) is 16.1. The second-order valence-electron chi connectivity index (χ2n) is 8.47. The van der Waals surface area contributed by atoms with Crippen LogP contribution in [0.2, 0.25) is 0 Å². The molecular formula is C24H27N7O2. The van der Waals surface area contributed by atoms with E-state index in [1.807, 2.05) is 26.0 Å². The highest BCUT2D eigenvalue weighted by Gasteiger charge is 2.27. The van der Waals surface area contributed by atoms with E-state index in [2.05, 4.69) is 30.3 Å². The maximum absolute atomic E-state index is 13.4. The molecule has 1 aliphatic heterocycles. The molecule has 4 aromatic heterocycles. The molecule has 0 radical (unpaired) electrons. The number of likely N-dealkylation sites (tertiary alicyclic amines) is 1. The predicted octanol–water partition coefficient (Wildman–Crippen LogP) is 3.38. The number of amides is 1. The Hall–Kier alpha value is -3.59. The largest absolute Gasteiger partial charge is 0.361 e. The summed E-state index contributed by atoms with van der Waals surface area (Å²) in [5.74, 6) is 1.09. The van der Waals surface area contributed by atoms with E-state index in [-0.39, 0.29) is 11.9 Å². The van der Waals surface area contributed by atoms with Crippen LogP contribution in [-0.4, -0.2) is 55.1 Å². The van der Waals surface area contributed by atoms with E-state index in [0.717, 1.165) is 48.3 Å². The minimum absolute atomic E-state index is 0.0308. The summed E-state index contributed by atoms with van der Waals surface area (Å²) in [6, 6.07) is 5.59. The second kappa shape index (κ2) is 9.11. The van der Waals surface area contributed by atoms with Crippen LogP contribution in [0, 0.1) is 13.8 Å². The number of aryl methyl sites for hydroxylation is 2. The summed E-state index contributed by atoms with van der Waals surface area (Å²) in [5.41, 5.74) is 3.04. The third kappa shape index (κ3) is 4.23. The summed E-state index contributed by atoms with van der Waals surface area (Å²) in [4.78, 5) is 29.0. The number of hydrogen-bond donors (Lipinski definition) is 1. The average Bonchev–Trinajstić information content (AvgIpc) is 3.45. The van der Waals surface area contributed by atoms with Crippen molar-refractivity contribution < 1.29 is 9.32 Å². The molecule has 0 aromatic carbocycles. The number of hydrogen-bond acceptors (Lipinski definition) is 7. The molecular weight excluding hydrogens is 418 g/mol. The van der Waals surface area contributed by atoms with Crippen molar-refractivity contribution in [2.24, 2.45) is 0 Å². The quantitative estimate of drug-likeness (QED) is 0.485. The highest BCUT2D eigenvalue weighted by molar-refractivity contribution is 6.07. The van der Waals surface area contributed by atoms with E-state index >= 15 is 0 Å². The zero-order chi connectivity index (χ0) is 22.8. The lowest BCUT2D eigenvalue weighted by Gasteiger charge is -2.33. The van der Waals surface area contributed by atoms with Crippen molar-refractivity contribution in [2.75, 3.05) is 19.6 Å². The van der Waals surface area contributed by atoms with Gasteiger partial charge in [-0.1, -0.05) is 11.6 Å². The zero-order valence-corrected chi connectivity index (χ0v) is 18.9. The van der Waals surface area contributed by atoms with Crippen molar-refractivity contribution >= 4 is 16.9 Å². The van der Waals surface area contributed by atoms with Gasteiger partial charge in [-0.15, -0.1) is 0 Å². The Morgan fingerprint density at radius 3 is 2.64 bits per heavy atom. The highest BCUT2D eigenvalue weighted by Crippen LogP contribution is 2.27. The van der Waals surface area contributed by atoms with Gasteiger partial charge in [0.15, 0.2) is 0 Å². The molecule has 1 saturated heterocycles. The molecule has 1 aliphatic rings. The van der Waals surface area contributed by atoms with Crippen LogP contribution >= 0.6 is 0 Å². The molecule has 0 aliphatic carbocycles. The van der Waals surface area contributed by atoms with Gasteiger partial charge in [-0.3, -0.25) is 14.3 Å². The number of rotatable bonds is 6. The lowest BCUT2D eigenvalue weighted by Crippen LogP contribution is -2.40. The Kier molecular flexibility index (Phi) is 5.87. The first kappa shape index (κ1) is 21.3. The predicted molar refractivity (Wildman–Crippen MR) is 123 cm³/mol. The summed E-state index contributed by atoms with van der Waals surface area (Å²) in [5, 5.41) is 8.20. The molecule has 1 fully saturated rings. The van der Waals surface area contributed by atoms with Gasteiger partial charge >= 0.3 is 0 Å². The van der Waals surface area contributed by atoms with Gasteiger partial charge in [-0.25, -0.2) is 15.0 Å². The Balaban J connectivity index is 1.45. The zero-order valence-electron chi connectivity index (χ0n) is 18.9. The van der Waals surface area contributed by atoms with Gasteiger partial charge in [0.1, 0.15) is 17.1 Å². The van der Waals surface area contributed by atoms with Gasteiger partial charge in [-0.2, -0.15) is 0 Å². The van der Waals surface area contributed by atoms with Gasteiger partial charge in [0.25, 0.3) is 5.91 Å². The van der Waals surface area contributed by atoms with Crippen molar-refractivity contribution in [3.05, 3.63) is 65.6 Å². The van der Waals surface area contributed by atoms with Crippen LogP contribution < -0.4 is 5.32 Å². The Bertz CT molecular complexity index is 1260. The lowest BCUT2D eigenvalue weighted by atomic mass is 10.1. The van der Waals surface area contributed by atoms with E-state index in [0.29, 0.717) is 23.7 Å². The van der Waals surface area contributed by atoms with Crippen LogP contribution in [0.15, 0.2) is 47.5 Å². The molecule has 9 heteroatoms. The summed E-state index contributed by atoms with van der Waals surface area (Å²) < 4.78 is 7.10. The van der Waals surface area contributed by atoms with Crippen molar-refractivity contribution in [3.63, 3.8) is 0 Å². The maximum Gasteiger partial charge on any atom is 0.253 e. The maximum atomic E-state index is 13.4. The van der Waals surface area contributed by atoms with Crippen LogP contribution in [0.5, 0.6) is 0 Å². The molecule has 5 heterocycles. The van der Waals surface area contributed by atoms with Gasteiger partial charge < -0.3 is 9.84 Å². The second-order valence-corrected chi connectivity index (χ2v) is 8.47. The van der Waals surface area contributed by atoms with Crippen molar-refractivity contribution in [2.45, 2.75) is 39.2 Å². The number of nitrogens with one attached hydrogen (secondary N) is 1. The fraction of sp³-hybridized carbons (Fsp3) is 0.375. The Labute approximate surface area is 191 Å². The molecule has 1 atom stereocenters. The van der Waals surface area contributed by atoms with Crippen LogP contribution in [0.1, 0.15) is 52.7 Å². The SMILES string of the molecule is Cc1cc(C(CNC(=O)c2cn(-c3ncccn3)c3nccc(C)c23)N2CCCCC2)no1. The number of fused-ring (bicyclic) bond motifs is 1. The fourth-order valence-corrected chi connectivity index (χ4v) is 4.53. The third-order valence-corrected chi connectivity index (χ3v) is 6.18. The molecule has 0 bridgehead atoms. The van der Waals surface area contributed by atoms with Gasteiger partial charge in [0.05, 0.1) is 11.6 Å². The summed E-state index contributed by atoms with van der Waals surface area (Å²) in [6.45, 7) is 6.28. The molecule has 170 valence electrons. The fourth-order valence-electron chi connectivity index (χ4n) is 4.53. The number of piperidine rings is 1. The molecule has 1 N–H and O–H groups in total. The van der Waals surface area contributed by atoms with Crippen LogP contribution in [0.4, 0.5) is 0 Å². The number of carbonyl (C=O) groups excluding carboxylic acids is 1. The van der Waals surface area contributed by atoms with E-state index in [9.17, 15) is 4.79 Å². The Morgan fingerprint density at radius 1 is 1.12 bits per heavy atom. The molecule has 1 amide bonds. The van der Waals surface area contributed by atoms with E-state index < -0.39 is 0 Å². The van der Waals surface area contributed by atoms with Crippen molar-refractivity contribution in [3.8, 4) is 5.95 Å². The van der Waals surface area contributed by atoms with Gasteiger partial charge in [0.2, 0.25) is 5.95 Å².